The number of halogens is 2. The summed E-state index contributed by atoms with van der Waals surface area (Å²) in [6.07, 6.45) is 2.90. The van der Waals surface area contributed by atoms with E-state index >= 15 is 0 Å². The minimum atomic E-state index is -0.972. The zero-order valence-electron chi connectivity index (χ0n) is 17.7. The highest BCUT2D eigenvalue weighted by atomic mass is 19.1. The van der Waals surface area contributed by atoms with E-state index < -0.39 is 34.8 Å². The van der Waals surface area contributed by atoms with Gasteiger partial charge in [0.2, 0.25) is 5.43 Å². The van der Waals surface area contributed by atoms with Crippen LogP contribution in [0.15, 0.2) is 23.0 Å². The summed E-state index contributed by atoms with van der Waals surface area (Å²) in [6, 6.07) is 2.08. The predicted octanol–water partition coefficient (Wildman–Crippen LogP) is 3.10. The molecule has 0 spiro atoms. The second-order valence-electron chi connectivity index (χ2n) is 8.54. The minimum Gasteiger partial charge on any atom is -0.503 e. The van der Waals surface area contributed by atoms with Crippen LogP contribution >= 0.6 is 0 Å². The number of nitrogens with one attached hydrogen (secondary N) is 1. The lowest BCUT2D eigenvalue weighted by Crippen LogP contribution is -2.34. The van der Waals surface area contributed by atoms with Crippen LogP contribution < -0.4 is 16.5 Å². The van der Waals surface area contributed by atoms with Crippen molar-refractivity contribution in [3.05, 3.63) is 62.6 Å². The summed E-state index contributed by atoms with van der Waals surface area (Å²) < 4.78 is 28.6. The molecule has 9 heteroatoms. The number of Topliss-reactive ketones (excluding diaryl/α,β-unsaturated/α-hetero) is 1. The number of carbonyl (C=O) groups is 2. The van der Waals surface area contributed by atoms with Gasteiger partial charge in [-0.25, -0.2) is 8.78 Å². The number of nitrogens with zero attached hydrogens (tertiary/aromatic N) is 1. The first-order valence-corrected chi connectivity index (χ1v) is 10.7. The van der Waals surface area contributed by atoms with Crippen LogP contribution in [0.25, 0.3) is 0 Å². The quantitative estimate of drug-likeness (QED) is 0.669. The molecule has 170 valence electrons. The summed E-state index contributed by atoms with van der Waals surface area (Å²) in [4.78, 5) is 38.8. The number of aromatic nitrogens is 1. The Morgan fingerprint density at radius 1 is 1.28 bits per heavy atom. The van der Waals surface area contributed by atoms with Gasteiger partial charge in [0, 0.05) is 36.7 Å². The predicted molar refractivity (Wildman–Crippen MR) is 112 cm³/mol. The molecule has 0 aliphatic carbocycles. The maximum Gasteiger partial charge on any atom is 0.257 e. The Bertz CT molecular complexity index is 1160. The summed E-state index contributed by atoms with van der Waals surface area (Å²) in [5, 5.41) is 13.1. The molecule has 3 atom stereocenters. The summed E-state index contributed by atoms with van der Waals surface area (Å²) in [7, 11) is 0. The fourth-order valence-corrected chi connectivity index (χ4v) is 4.89. The zero-order chi connectivity index (χ0) is 23.2. The number of pyridine rings is 1. The van der Waals surface area contributed by atoms with Crippen molar-refractivity contribution in [2.75, 3.05) is 0 Å². The fourth-order valence-electron chi connectivity index (χ4n) is 4.89. The minimum absolute atomic E-state index is 0.0369. The van der Waals surface area contributed by atoms with E-state index in [-0.39, 0.29) is 53.2 Å². The lowest BCUT2D eigenvalue weighted by Gasteiger charge is -2.27. The van der Waals surface area contributed by atoms with E-state index in [2.05, 4.69) is 5.32 Å². The largest absolute Gasteiger partial charge is 0.503 e. The lowest BCUT2D eigenvalue weighted by atomic mass is 9.88. The van der Waals surface area contributed by atoms with Crippen LogP contribution in [-0.2, 0) is 6.54 Å². The third-order valence-electron chi connectivity index (χ3n) is 6.57. The molecular formula is C23H25F2N3O4. The number of amides is 1. The molecule has 2 aliphatic rings. The van der Waals surface area contributed by atoms with Crippen molar-refractivity contribution in [2.24, 2.45) is 11.7 Å². The molecule has 32 heavy (non-hydrogen) atoms. The van der Waals surface area contributed by atoms with Crippen molar-refractivity contribution in [1.82, 2.24) is 9.88 Å². The number of carbonyl (C=O) groups excluding carboxylic acids is 2. The van der Waals surface area contributed by atoms with E-state index in [1.54, 1.807) is 4.57 Å². The Balaban J connectivity index is 1.77. The van der Waals surface area contributed by atoms with Crippen LogP contribution in [0, 0.1) is 17.6 Å². The van der Waals surface area contributed by atoms with E-state index in [1.807, 2.05) is 6.92 Å². The Hall–Kier alpha value is -3.07. The molecule has 2 aromatic rings. The number of ketones is 1. The van der Waals surface area contributed by atoms with E-state index in [0.717, 1.165) is 18.9 Å². The Morgan fingerprint density at radius 2 is 2.03 bits per heavy atom. The summed E-state index contributed by atoms with van der Waals surface area (Å²) in [5.41, 5.74) is 5.17. The van der Waals surface area contributed by atoms with Crippen molar-refractivity contribution in [3.63, 3.8) is 0 Å². The Morgan fingerprint density at radius 3 is 2.72 bits per heavy atom. The van der Waals surface area contributed by atoms with Gasteiger partial charge < -0.3 is 20.7 Å². The van der Waals surface area contributed by atoms with E-state index in [1.165, 1.54) is 6.07 Å². The summed E-state index contributed by atoms with van der Waals surface area (Å²) in [6.45, 7) is 1.76. The highest BCUT2D eigenvalue weighted by Crippen LogP contribution is 2.43. The standard InChI is InChI=1S/C23H25F2N3O4/c1-2-11-3-6-17(29)20-22(31)21(30)18(19-16(26)9-14(7-11)28(19)20)23(32)27-10-12-4-5-13(24)8-15(12)25/h4-5,8,11,14,16,31H,2-3,6-7,9-10,26H2,1H3,(H,27,32)/t11?,14-,16+/m1/s1. The first-order valence-electron chi connectivity index (χ1n) is 10.7. The number of rotatable bonds is 4. The third kappa shape index (κ3) is 3.70. The SMILES string of the molecule is CCC1CCC(=O)c2c(O)c(=O)c(C(=O)NCc3ccc(F)cc3F)c3n2[C@H](C1)C[C@@H]3N. The molecule has 1 aromatic carbocycles. The normalized spacial score (nSPS) is 22.2. The molecule has 2 aliphatic heterocycles. The molecule has 4 rings (SSSR count). The molecule has 0 radical (unpaired) electrons. The monoisotopic (exact) mass is 445 g/mol. The maximum absolute atomic E-state index is 13.9. The molecule has 0 saturated heterocycles. The third-order valence-corrected chi connectivity index (χ3v) is 6.57. The molecule has 1 unspecified atom stereocenters. The highest BCUT2D eigenvalue weighted by molar-refractivity contribution is 6.01. The molecule has 7 nitrogen and oxygen atoms in total. The van der Waals surface area contributed by atoms with E-state index in [0.29, 0.717) is 18.9 Å². The van der Waals surface area contributed by atoms with Gasteiger partial charge in [-0.2, -0.15) is 0 Å². The van der Waals surface area contributed by atoms with Gasteiger partial charge in [0.05, 0.1) is 5.69 Å². The number of aromatic hydroxyl groups is 1. The van der Waals surface area contributed by atoms with Gasteiger partial charge in [-0.05, 0) is 31.2 Å². The van der Waals surface area contributed by atoms with Crippen LogP contribution in [-0.4, -0.2) is 21.4 Å². The average molecular weight is 445 g/mol. The average Bonchev–Trinajstić information content (AvgIpc) is 3.04. The van der Waals surface area contributed by atoms with Crippen molar-refractivity contribution in [1.29, 1.82) is 0 Å². The van der Waals surface area contributed by atoms with Crippen molar-refractivity contribution in [2.45, 2.75) is 57.7 Å². The molecule has 1 aromatic heterocycles. The van der Waals surface area contributed by atoms with Crippen molar-refractivity contribution < 1.29 is 23.5 Å². The summed E-state index contributed by atoms with van der Waals surface area (Å²) in [5.74, 6) is -3.24. The van der Waals surface area contributed by atoms with Crippen LogP contribution in [0.4, 0.5) is 8.78 Å². The Labute approximate surface area is 183 Å². The van der Waals surface area contributed by atoms with Crippen LogP contribution in [0.2, 0.25) is 0 Å². The van der Waals surface area contributed by atoms with E-state index in [4.69, 9.17) is 5.73 Å². The fraction of sp³-hybridized carbons (Fsp3) is 0.435. The molecule has 3 heterocycles. The van der Waals surface area contributed by atoms with Gasteiger partial charge in [0.25, 0.3) is 5.91 Å². The van der Waals surface area contributed by atoms with Gasteiger partial charge in [0.1, 0.15) is 22.9 Å². The highest BCUT2D eigenvalue weighted by Gasteiger charge is 2.40. The van der Waals surface area contributed by atoms with Crippen LogP contribution in [0.3, 0.4) is 0 Å². The Kier molecular flexibility index (Phi) is 5.85. The van der Waals surface area contributed by atoms with Gasteiger partial charge in [-0.3, -0.25) is 14.4 Å². The van der Waals surface area contributed by atoms with Crippen LogP contribution in [0.1, 0.15) is 83.2 Å². The van der Waals surface area contributed by atoms with Gasteiger partial charge in [-0.15, -0.1) is 0 Å². The van der Waals surface area contributed by atoms with Gasteiger partial charge >= 0.3 is 0 Å². The summed E-state index contributed by atoms with van der Waals surface area (Å²) >= 11 is 0. The number of nitrogens with two attached hydrogens (primary N) is 1. The first kappa shape index (κ1) is 22.1. The number of benzene rings is 1. The smallest absolute Gasteiger partial charge is 0.257 e. The van der Waals surface area contributed by atoms with Crippen LogP contribution in [0.5, 0.6) is 5.75 Å². The van der Waals surface area contributed by atoms with Crippen molar-refractivity contribution >= 4 is 11.7 Å². The topological polar surface area (TPSA) is 114 Å². The molecule has 0 saturated carbocycles. The molecule has 4 N–H and O–H groups in total. The molecule has 0 bridgehead atoms. The number of hydrogen-bond acceptors (Lipinski definition) is 5. The van der Waals surface area contributed by atoms with E-state index in [9.17, 15) is 28.3 Å². The van der Waals surface area contributed by atoms with Gasteiger partial charge in [0.15, 0.2) is 11.5 Å². The zero-order valence-corrected chi connectivity index (χ0v) is 17.7. The molecular weight excluding hydrogens is 420 g/mol. The molecule has 0 fully saturated rings. The second-order valence-corrected chi connectivity index (χ2v) is 8.54. The molecule has 1 amide bonds. The second kappa shape index (κ2) is 8.46. The van der Waals surface area contributed by atoms with Gasteiger partial charge in [-0.1, -0.05) is 19.4 Å². The maximum atomic E-state index is 13.9. The number of hydrogen-bond donors (Lipinski definition) is 3. The lowest BCUT2D eigenvalue weighted by molar-refractivity contribution is 0.0928. The van der Waals surface area contributed by atoms with Crippen molar-refractivity contribution in [3.8, 4) is 5.75 Å². The first-order chi connectivity index (χ1) is 15.2.